The molecule has 1 aromatic heterocycles. The quantitative estimate of drug-likeness (QED) is 0.108. The Labute approximate surface area is 241 Å². The van der Waals surface area contributed by atoms with Crippen LogP contribution in [0.3, 0.4) is 0 Å². The molecule has 0 unspecified atom stereocenters. The maximum atomic E-state index is 13.3. The summed E-state index contributed by atoms with van der Waals surface area (Å²) in [5, 5.41) is 14.3. The first-order valence-electron chi connectivity index (χ1n) is 12.6. The zero-order valence-corrected chi connectivity index (χ0v) is 23.7. The maximum Gasteiger partial charge on any atom is 0.281 e. The van der Waals surface area contributed by atoms with E-state index in [0.29, 0.717) is 23.1 Å². The Hall–Kier alpha value is -4.41. The Bertz CT molecular complexity index is 1630. The number of hydrogen-bond acceptors (Lipinski definition) is 6. The maximum absolute atomic E-state index is 13.3. The van der Waals surface area contributed by atoms with Crippen LogP contribution in [0.15, 0.2) is 94.4 Å². The molecule has 202 valence electrons. The molecule has 0 spiro atoms. The minimum absolute atomic E-state index is 0.0734. The van der Waals surface area contributed by atoms with Crippen LogP contribution in [-0.4, -0.2) is 27.1 Å². The van der Waals surface area contributed by atoms with Crippen molar-refractivity contribution in [2.45, 2.75) is 30.6 Å². The number of nitrogens with one attached hydrogen (secondary N) is 1. The largest absolute Gasteiger partial charge is 0.494 e. The molecule has 0 bridgehead atoms. The summed E-state index contributed by atoms with van der Waals surface area (Å²) in [5.74, 6) is 0.518. The molecule has 2 heterocycles. The minimum atomic E-state index is -0.403. The fraction of sp³-hybridized carbons (Fsp3) is 0.133. The third kappa shape index (κ3) is 5.49. The molecule has 10 heteroatoms. The molecule has 4 aromatic rings. The molecule has 1 aliphatic heterocycles. The molecule has 40 heavy (non-hydrogen) atoms. The molecule has 8 nitrogen and oxygen atoms in total. The highest BCUT2D eigenvalue weighted by Gasteiger charge is 2.32. The summed E-state index contributed by atoms with van der Waals surface area (Å²) in [4.78, 5) is 27.2. The van der Waals surface area contributed by atoms with Gasteiger partial charge in [-0.05, 0) is 111 Å². The number of aryl methyl sites for hydroxylation is 1. The Balaban J connectivity index is 1.34. The number of carbonyl (C=O) groups excluding carboxylic acids is 1. The van der Waals surface area contributed by atoms with Crippen molar-refractivity contribution in [2.24, 2.45) is 0 Å². The van der Waals surface area contributed by atoms with E-state index < -0.39 is 4.92 Å². The van der Waals surface area contributed by atoms with E-state index in [-0.39, 0.29) is 11.6 Å². The molecule has 0 atom stereocenters. The summed E-state index contributed by atoms with van der Waals surface area (Å²) in [6.07, 6.45) is 1.83. The first-order chi connectivity index (χ1) is 19.2. The highest BCUT2D eigenvalue weighted by Crippen LogP contribution is 2.31. The number of nitro groups is 1. The van der Waals surface area contributed by atoms with Gasteiger partial charge in [-0.2, -0.15) is 0 Å². The van der Waals surface area contributed by atoms with Gasteiger partial charge in [-0.1, -0.05) is 11.8 Å². The van der Waals surface area contributed by atoms with Crippen molar-refractivity contribution in [1.82, 2.24) is 9.88 Å². The smallest absolute Gasteiger partial charge is 0.281 e. The second-order valence-corrected chi connectivity index (χ2v) is 10.6. The molecular weight excluding hydrogens is 544 g/mol. The second kappa shape index (κ2) is 11.4. The molecule has 1 amide bonds. The lowest BCUT2D eigenvalue weighted by atomic mass is 10.2. The van der Waals surface area contributed by atoms with Crippen LogP contribution in [0.1, 0.15) is 23.9 Å². The monoisotopic (exact) mass is 570 g/mol. The van der Waals surface area contributed by atoms with Crippen molar-refractivity contribution in [3.63, 3.8) is 0 Å². The van der Waals surface area contributed by atoms with Gasteiger partial charge in [-0.15, -0.1) is 0 Å². The lowest BCUT2D eigenvalue weighted by Crippen LogP contribution is -2.30. The number of anilines is 1. The average molecular weight is 571 g/mol. The Morgan fingerprint density at radius 3 is 2.17 bits per heavy atom. The molecule has 3 aromatic carbocycles. The SMILES string of the molecule is CCOc1ccc(N2C(=O)/C(=C/c3cc(C)n(-c4ccc(Sc5ccc([N+](=O)[O-])cc5)cc4)c3C)NC2=S)cc1. The third-order valence-corrected chi connectivity index (χ3v) is 7.73. The molecule has 1 N–H and O–H groups in total. The van der Waals surface area contributed by atoms with Crippen LogP contribution in [0.2, 0.25) is 0 Å². The summed E-state index contributed by atoms with van der Waals surface area (Å²) in [7, 11) is 0. The topological polar surface area (TPSA) is 89.6 Å². The lowest BCUT2D eigenvalue weighted by Gasteiger charge is -2.14. The van der Waals surface area contributed by atoms with Gasteiger partial charge < -0.3 is 14.6 Å². The number of thiocarbonyl (C=S) groups is 1. The van der Waals surface area contributed by atoms with Crippen molar-refractivity contribution in [1.29, 1.82) is 0 Å². The van der Waals surface area contributed by atoms with E-state index in [1.54, 1.807) is 12.1 Å². The Kier molecular flexibility index (Phi) is 7.72. The second-order valence-electron chi connectivity index (χ2n) is 9.06. The molecule has 0 saturated carbocycles. The highest BCUT2D eigenvalue weighted by atomic mass is 32.2. The normalized spacial score (nSPS) is 14.1. The number of ether oxygens (including phenoxy) is 1. The number of rotatable bonds is 8. The zero-order chi connectivity index (χ0) is 28.4. The average Bonchev–Trinajstić information content (AvgIpc) is 3.38. The van der Waals surface area contributed by atoms with E-state index in [1.807, 2.05) is 81.4 Å². The number of aromatic nitrogens is 1. The molecule has 0 radical (unpaired) electrons. The van der Waals surface area contributed by atoms with Gasteiger partial charge in [0.25, 0.3) is 11.6 Å². The predicted octanol–water partition coefficient (Wildman–Crippen LogP) is 6.81. The lowest BCUT2D eigenvalue weighted by molar-refractivity contribution is -0.384. The van der Waals surface area contributed by atoms with Crippen LogP contribution in [-0.2, 0) is 4.79 Å². The molecule has 1 fully saturated rings. The van der Waals surface area contributed by atoms with Gasteiger partial charge in [-0.3, -0.25) is 19.8 Å². The number of nitro benzene ring substituents is 1. The van der Waals surface area contributed by atoms with E-state index in [9.17, 15) is 14.9 Å². The molecule has 1 saturated heterocycles. The van der Waals surface area contributed by atoms with E-state index in [0.717, 1.165) is 38.2 Å². The van der Waals surface area contributed by atoms with Crippen LogP contribution >= 0.6 is 24.0 Å². The summed E-state index contributed by atoms with van der Waals surface area (Å²) < 4.78 is 7.63. The van der Waals surface area contributed by atoms with E-state index >= 15 is 0 Å². The van der Waals surface area contributed by atoms with Crippen LogP contribution in [0.5, 0.6) is 5.75 Å². The number of amides is 1. The van der Waals surface area contributed by atoms with Gasteiger partial charge >= 0.3 is 0 Å². The number of nitrogens with zero attached hydrogens (tertiary/aromatic N) is 3. The standard InChI is InChI=1S/C30H26N4O4S2/c1-4-38-25-11-5-23(6-12-25)33-29(35)28(31-30(33)39)18-21-17-19(2)32(20(21)3)22-7-13-26(14-8-22)40-27-15-9-24(10-16-27)34(36)37/h5-18H,4H2,1-3H3,(H,31,39)/b28-18-. The van der Waals surface area contributed by atoms with Crippen molar-refractivity contribution in [3.8, 4) is 11.4 Å². The first kappa shape index (κ1) is 27.2. The number of hydrogen-bond donors (Lipinski definition) is 1. The minimum Gasteiger partial charge on any atom is -0.494 e. The number of benzene rings is 3. The van der Waals surface area contributed by atoms with Crippen LogP contribution in [0, 0.1) is 24.0 Å². The number of non-ortho nitro benzene ring substituents is 1. The Morgan fingerprint density at radius 1 is 0.975 bits per heavy atom. The summed E-state index contributed by atoms with van der Waals surface area (Å²) in [6, 6.07) is 23.9. The van der Waals surface area contributed by atoms with Crippen molar-refractivity contribution >= 4 is 52.5 Å². The van der Waals surface area contributed by atoms with Crippen LogP contribution in [0.4, 0.5) is 11.4 Å². The van der Waals surface area contributed by atoms with Crippen molar-refractivity contribution < 1.29 is 14.5 Å². The van der Waals surface area contributed by atoms with Crippen LogP contribution < -0.4 is 15.0 Å². The van der Waals surface area contributed by atoms with E-state index in [1.165, 1.54) is 28.8 Å². The molecule has 0 aliphatic carbocycles. The van der Waals surface area contributed by atoms with Gasteiger partial charge in [0.2, 0.25) is 0 Å². The summed E-state index contributed by atoms with van der Waals surface area (Å²) >= 11 is 7.02. The molecule has 5 rings (SSSR count). The van der Waals surface area contributed by atoms with Crippen LogP contribution in [0.25, 0.3) is 11.8 Å². The zero-order valence-electron chi connectivity index (χ0n) is 22.1. The molecule has 1 aliphatic rings. The Morgan fingerprint density at radius 2 is 1.57 bits per heavy atom. The number of carbonyl (C=O) groups is 1. The summed E-state index contributed by atoms with van der Waals surface area (Å²) in [5.41, 5.74) is 5.07. The van der Waals surface area contributed by atoms with Gasteiger partial charge in [-0.25, -0.2) is 0 Å². The highest BCUT2D eigenvalue weighted by molar-refractivity contribution is 7.99. The van der Waals surface area contributed by atoms with Crippen molar-refractivity contribution in [2.75, 3.05) is 11.5 Å². The van der Waals surface area contributed by atoms with Gasteiger partial charge in [0.05, 0.1) is 17.2 Å². The van der Waals surface area contributed by atoms with Crippen molar-refractivity contribution in [3.05, 3.63) is 112 Å². The fourth-order valence-corrected chi connectivity index (χ4v) is 5.66. The van der Waals surface area contributed by atoms with E-state index in [4.69, 9.17) is 17.0 Å². The third-order valence-electron chi connectivity index (χ3n) is 6.43. The van der Waals surface area contributed by atoms with Gasteiger partial charge in [0.1, 0.15) is 11.4 Å². The van der Waals surface area contributed by atoms with Gasteiger partial charge in [0.15, 0.2) is 5.11 Å². The van der Waals surface area contributed by atoms with E-state index in [2.05, 4.69) is 9.88 Å². The van der Waals surface area contributed by atoms with Gasteiger partial charge in [0, 0.05) is 39.0 Å². The first-order valence-corrected chi connectivity index (χ1v) is 13.8. The predicted molar refractivity (Wildman–Crippen MR) is 161 cm³/mol. The summed E-state index contributed by atoms with van der Waals surface area (Å²) in [6.45, 7) is 6.53. The molecular formula is C30H26N4O4S2. The fourth-order valence-electron chi connectivity index (χ4n) is 4.55.